The predicted octanol–water partition coefficient (Wildman–Crippen LogP) is 3.56. The summed E-state index contributed by atoms with van der Waals surface area (Å²) < 4.78 is 11.2. The number of rotatable bonds is 2. The quantitative estimate of drug-likeness (QED) is 0.906. The van der Waals surface area contributed by atoms with Crippen molar-refractivity contribution in [2.75, 3.05) is 7.11 Å². The number of methoxy groups -OCH3 is 1. The van der Waals surface area contributed by atoms with Gasteiger partial charge in [-0.1, -0.05) is 23.8 Å². The Morgan fingerprint density at radius 1 is 1.15 bits per heavy atom. The van der Waals surface area contributed by atoms with Gasteiger partial charge in [-0.15, -0.1) is 0 Å². The fourth-order valence-electron chi connectivity index (χ4n) is 2.59. The number of hydrogen-bond acceptors (Lipinski definition) is 3. The van der Waals surface area contributed by atoms with Crippen LogP contribution < -0.4 is 9.47 Å². The zero-order valence-corrected chi connectivity index (χ0v) is 11.7. The molecule has 1 unspecified atom stereocenters. The zero-order chi connectivity index (χ0) is 14.1. The highest BCUT2D eigenvalue weighted by molar-refractivity contribution is 5.41. The van der Waals surface area contributed by atoms with Gasteiger partial charge in [-0.3, -0.25) is 0 Å². The normalized spacial score (nSPS) is 20.9. The van der Waals surface area contributed by atoms with Gasteiger partial charge in [-0.2, -0.15) is 0 Å². The minimum absolute atomic E-state index is 0.119. The number of aliphatic hydroxyl groups excluding tert-OH is 1. The minimum Gasteiger partial charge on any atom is -0.497 e. The smallest absolute Gasteiger partial charge is 0.127 e. The summed E-state index contributed by atoms with van der Waals surface area (Å²) in [5, 5.41) is 10.3. The first-order chi connectivity index (χ1) is 9.67. The van der Waals surface area contributed by atoms with Crippen LogP contribution in [0, 0.1) is 6.92 Å². The molecule has 3 rings (SSSR count). The third kappa shape index (κ3) is 2.37. The molecule has 3 heteroatoms. The fraction of sp³-hybridized carbons (Fsp3) is 0.294. The molecular formula is C17H18O3. The Hall–Kier alpha value is -2.00. The second kappa shape index (κ2) is 5.17. The lowest BCUT2D eigenvalue weighted by atomic mass is 9.94. The SMILES string of the molecule is COc1ccc(C2C[C@@H](O)c3cc(C)ccc3O2)cc1. The van der Waals surface area contributed by atoms with Crippen molar-refractivity contribution in [1.29, 1.82) is 0 Å². The summed E-state index contributed by atoms with van der Waals surface area (Å²) in [6.45, 7) is 2.02. The maximum Gasteiger partial charge on any atom is 0.127 e. The highest BCUT2D eigenvalue weighted by Crippen LogP contribution is 2.41. The number of hydrogen-bond donors (Lipinski definition) is 1. The number of aliphatic hydroxyl groups is 1. The Balaban J connectivity index is 1.88. The lowest BCUT2D eigenvalue weighted by Gasteiger charge is -2.30. The minimum atomic E-state index is -0.481. The van der Waals surface area contributed by atoms with Crippen LogP contribution in [0.5, 0.6) is 11.5 Å². The van der Waals surface area contributed by atoms with Crippen LogP contribution in [-0.2, 0) is 0 Å². The monoisotopic (exact) mass is 270 g/mol. The van der Waals surface area contributed by atoms with Crippen molar-refractivity contribution in [1.82, 2.24) is 0 Å². The van der Waals surface area contributed by atoms with Crippen LogP contribution >= 0.6 is 0 Å². The molecule has 0 bridgehead atoms. The highest BCUT2D eigenvalue weighted by Gasteiger charge is 2.27. The third-order valence-corrected chi connectivity index (χ3v) is 3.72. The molecule has 2 atom stereocenters. The van der Waals surface area contributed by atoms with Gasteiger partial charge >= 0.3 is 0 Å². The molecule has 104 valence electrons. The van der Waals surface area contributed by atoms with Crippen LogP contribution in [0.25, 0.3) is 0 Å². The fourth-order valence-corrected chi connectivity index (χ4v) is 2.59. The van der Waals surface area contributed by atoms with Crippen molar-refractivity contribution in [3.8, 4) is 11.5 Å². The second-order valence-electron chi connectivity index (χ2n) is 5.17. The maximum atomic E-state index is 10.3. The van der Waals surface area contributed by atoms with E-state index in [2.05, 4.69) is 0 Å². The van der Waals surface area contributed by atoms with E-state index >= 15 is 0 Å². The molecule has 20 heavy (non-hydrogen) atoms. The summed E-state index contributed by atoms with van der Waals surface area (Å²) in [6.07, 6.45) is -0.0279. The Morgan fingerprint density at radius 3 is 2.60 bits per heavy atom. The van der Waals surface area contributed by atoms with E-state index in [9.17, 15) is 5.11 Å². The molecule has 0 saturated carbocycles. The summed E-state index contributed by atoms with van der Waals surface area (Å²) >= 11 is 0. The molecule has 1 aliphatic heterocycles. The van der Waals surface area contributed by atoms with Gasteiger partial charge in [-0.05, 0) is 36.8 Å². The summed E-state index contributed by atoms with van der Waals surface area (Å²) in [5.74, 6) is 1.59. The average Bonchev–Trinajstić information content (AvgIpc) is 2.48. The number of ether oxygens (including phenoxy) is 2. The molecular weight excluding hydrogens is 252 g/mol. The van der Waals surface area contributed by atoms with Crippen molar-refractivity contribution < 1.29 is 14.6 Å². The van der Waals surface area contributed by atoms with E-state index in [1.165, 1.54) is 0 Å². The van der Waals surface area contributed by atoms with E-state index in [1.807, 2.05) is 49.4 Å². The molecule has 0 saturated heterocycles. The summed E-state index contributed by atoms with van der Waals surface area (Å²) in [6, 6.07) is 13.7. The molecule has 1 aliphatic rings. The van der Waals surface area contributed by atoms with Gasteiger partial charge in [-0.25, -0.2) is 0 Å². The molecule has 1 N–H and O–H groups in total. The van der Waals surface area contributed by atoms with E-state index in [4.69, 9.17) is 9.47 Å². The van der Waals surface area contributed by atoms with Gasteiger partial charge in [0.05, 0.1) is 13.2 Å². The van der Waals surface area contributed by atoms with Gasteiger partial charge in [0, 0.05) is 12.0 Å². The Labute approximate surface area is 118 Å². The molecule has 3 nitrogen and oxygen atoms in total. The van der Waals surface area contributed by atoms with Gasteiger partial charge in [0.2, 0.25) is 0 Å². The van der Waals surface area contributed by atoms with Crippen LogP contribution in [-0.4, -0.2) is 12.2 Å². The summed E-state index contributed by atoms with van der Waals surface area (Å²) in [7, 11) is 1.65. The lowest BCUT2D eigenvalue weighted by molar-refractivity contribution is 0.0656. The van der Waals surface area contributed by atoms with E-state index < -0.39 is 6.10 Å². The van der Waals surface area contributed by atoms with Crippen LogP contribution in [0.15, 0.2) is 42.5 Å². The summed E-state index contributed by atoms with van der Waals surface area (Å²) in [4.78, 5) is 0. The lowest BCUT2D eigenvalue weighted by Crippen LogP contribution is -2.19. The van der Waals surface area contributed by atoms with E-state index in [0.29, 0.717) is 6.42 Å². The molecule has 0 spiro atoms. The van der Waals surface area contributed by atoms with E-state index in [0.717, 1.165) is 28.2 Å². The molecule has 0 radical (unpaired) electrons. The largest absolute Gasteiger partial charge is 0.497 e. The van der Waals surface area contributed by atoms with Crippen molar-refractivity contribution in [3.63, 3.8) is 0 Å². The first kappa shape index (κ1) is 13.0. The van der Waals surface area contributed by atoms with Crippen LogP contribution in [0.4, 0.5) is 0 Å². The van der Waals surface area contributed by atoms with Crippen molar-refractivity contribution in [2.24, 2.45) is 0 Å². The first-order valence-corrected chi connectivity index (χ1v) is 6.76. The Bertz CT molecular complexity index is 604. The topological polar surface area (TPSA) is 38.7 Å². The van der Waals surface area contributed by atoms with Crippen molar-refractivity contribution in [2.45, 2.75) is 25.6 Å². The van der Waals surface area contributed by atoms with Crippen molar-refractivity contribution in [3.05, 3.63) is 59.2 Å². The van der Waals surface area contributed by atoms with E-state index in [1.54, 1.807) is 7.11 Å². The third-order valence-electron chi connectivity index (χ3n) is 3.72. The van der Waals surface area contributed by atoms with E-state index in [-0.39, 0.29) is 6.10 Å². The first-order valence-electron chi connectivity index (χ1n) is 6.76. The molecule has 1 heterocycles. The number of fused-ring (bicyclic) bond motifs is 1. The van der Waals surface area contributed by atoms with Gasteiger partial charge in [0.15, 0.2) is 0 Å². The molecule has 0 fully saturated rings. The average molecular weight is 270 g/mol. The van der Waals surface area contributed by atoms with Crippen LogP contribution in [0.3, 0.4) is 0 Å². The molecule has 0 amide bonds. The summed E-state index contributed by atoms with van der Waals surface area (Å²) in [5.41, 5.74) is 3.07. The van der Waals surface area contributed by atoms with Crippen LogP contribution in [0.1, 0.15) is 35.3 Å². The second-order valence-corrected chi connectivity index (χ2v) is 5.17. The number of benzene rings is 2. The van der Waals surface area contributed by atoms with Crippen LogP contribution in [0.2, 0.25) is 0 Å². The van der Waals surface area contributed by atoms with Crippen molar-refractivity contribution >= 4 is 0 Å². The Morgan fingerprint density at radius 2 is 1.90 bits per heavy atom. The van der Waals surface area contributed by atoms with Gasteiger partial charge in [0.1, 0.15) is 17.6 Å². The van der Waals surface area contributed by atoms with Gasteiger partial charge < -0.3 is 14.6 Å². The predicted molar refractivity (Wildman–Crippen MR) is 77.1 cm³/mol. The molecule has 2 aromatic rings. The molecule has 0 aliphatic carbocycles. The Kier molecular flexibility index (Phi) is 3.36. The van der Waals surface area contributed by atoms with Gasteiger partial charge in [0.25, 0.3) is 0 Å². The highest BCUT2D eigenvalue weighted by atomic mass is 16.5. The number of aryl methyl sites for hydroxylation is 1. The molecule has 2 aromatic carbocycles. The zero-order valence-electron chi connectivity index (χ0n) is 11.7. The molecule has 0 aromatic heterocycles. The standard InChI is InChI=1S/C17H18O3/c1-11-3-8-16-14(9-11)15(18)10-17(20-16)12-4-6-13(19-2)7-5-12/h3-9,15,17-18H,10H2,1-2H3/t15-,17?/m1/s1. The maximum absolute atomic E-state index is 10.3.